The standard InChI is InChI=1S/C13H21NO4/c1-3-13(4-2)11(15)17-10(18-12(13)16)9-5-7-14-8-6-9/h9-10,14H,3-8H2,1-2H3. The molecule has 102 valence electrons. The minimum atomic E-state index is -1.08. The van der Waals surface area contributed by atoms with Crippen LogP contribution in [0.1, 0.15) is 39.5 Å². The normalized spacial score (nSPS) is 25.7. The predicted molar refractivity (Wildman–Crippen MR) is 64.6 cm³/mol. The lowest BCUT2D eigenvalue weighted by atomic mass is 9.81. The van der Waals surface area contributed by atoms with Crippen molar-refractivity contribution in [2.75, 3.05) is 13.1 Å². The number of carbonyl (C=O) groups is 2. The zero-order valence-corrected chi connectivity index (χ0v) is 11.0. The van der Waals surface area contributed by atoms with Crippen molar-refractivity contribution in [3.8, 4) is 0 Å². The fraction of sp³-hybridized carbons (Fsp3) is 0.846. The highest BCUT2D eigenvalue weighted by molar-refractivity contribution is 6.01. The first-order valence-electron chi connectivity index (χ1n) is 6.77. The summed E-state index contributed by atoms with van der Waals surface area (Å²) in [5, 5.41) is 3.23. The van der Waals surface area contributed by atoms with E-state index in [2.05, 4.69) is 5.32 Å². The summed E-state index contributed by atoms with van der Waals surface area (Å²) in [6.07, 6.45) is 1.92. The highest BCUT2D eigenvalue weighted by Gasteiger charge is 2.52. The first kappa shape index (κ1) is 13.3. The van der Waals surface area contributed by atoms with E-state index >= 15 is 0 Å². The van der Waals surface area contributed by atoms with Crippen LogP contribution in [0.15, 0.2) is 0 Å². The van der Waals surface area contributed by atoms with Crippen LogP contribution in [0.4, 0.5) is 0 Å². The monoisotopic (exact) mass is 255 g/mol. The van der Waals surface area contributed by atoms with Crippen LogP contribution in [0.3, 0.4) is 0 Å². The van der Waals surface area contributed by atoms with Gasteiger partial charge >= 0.3 is 11.9 Å². The Morgan fingerprint density at radius 3 is 2.06 bits per heavy atom. The summed E-state index contributed by atoms with van der Waals surface area (Å²) in [5.74, 6) is -0.689. The Bertz CT molecular complexity index is 312. The summed E-state index contributed by atoms with van der Waals surface area (Å²) in [7, 11) is 0. The second-order valence-corrected chi connectivity index (χ2v) is 5.06. The molecule has 2 saturated heterocycles. The largest absolute Gasteiger partial charge is 0.424 e. The van der Waals surface area contributed by atoms with Gasteiger partial charge in [-0.2, -0.15) is 0 Å². The van der Waals surface area contributed by atoms with Crippen LogP contribution < -0.4 is 5.32 Å². The Hall–Kier alpha value is -1.10. The molecule has 0 unspecified atom stereocenters. The van der Waals surface area contributed by atoms with Gasteiger partial charge in [-0.3, -0.25) is 9.59 Å². The summed E-state index contributed by atoms with van der Waals surface area (Å²) in [6.45, 7) is 5.39. The van der Waals surface area contributed by atoms with Crippen molar-refractivity contribution in [2.45, 2.75) is 45.8 Å². The first-order chi connectivity index (χ1) is 8.64. The Balaban J connectivity index is 2.08. The van der Waals surface area contributed by atoms with Crippen molar-refractivity contribution in [3.05, 3.63) is 0 Å². The van der Waals surface area contributed by atoms with Gasteiger partial charge in [0.2, 0.25) is 6.29 Å². The van der Waals surface area contributed by atoms with Crippen molar-refractivity contribution in [1.82, 2.24) is 5.32 Å². The molecule has 1 N–H and O–H groups in total. The van der Waals surface area contributed by atoms with Gasteiger partial charge in [-0.25, -0.2) is 0 Å². The zero-order chi connectivity index (χ0) is 13.2. The molecular weight excluding hydrogens is 234 g/mol. The molecule has 2 fully saturated rings. The van der Waals surface area contributed by atoms with E-state index in [1.807, 2.05) is 13.8 Å². The third-order valence-electron chi connectivity index (χ3n) is 4.20. The molecule has 5 nitrogen and oxygen atoms in total. The maximum absolute atomic E-state index is 12.1. The molecule has 2 aliphatic rings. The van der Waals surface area contributed by atoms with E-state index in [0.29, 0.717) is 12.8 Å². The average Bonchev–Trinajstić information content (AvgIpc) is 2.40. The van der Waals surface area contributed by atoms with Crippen molar-refractivity contribution in [3.63, 3.8) is 0 Å². The van der Waals surface area contributed by atoms with Crippen molar-refractivity contribution in [2.24, 2.45) is 11.3 Å². The molecule has 2 heterocycles. The van der Waals surface area contributed by atoms with E-state index < -0.39 is 23.6 Å². The van der Waals surface area contributed by atoms with Gasteiger partial charge in [-0.1, -0.05) is 13.8 Å². The molecule has 0 aromatic heterocycles. The van der Waals surface area contributed by atoms with Gasteiger partial charge in [0.1, 0.15) is 0 Å². The number of cyclic esters (lactones) is 2. The minimum Gasteiger partial charge on any atom is -0.424 e. The number of piperidine rings is 1. The number of esters is 2. The summed E-state index contributed by atoms with van der Waals surface area (Å²) < 4.78 is 10.8. The maximum Gasteiger partial charge on any atom is 0.326 e. The Kier molecular flexibility index (Phi) is 3.90. The van der Waals surface area contributed by atoms with Crippen LogP contribution in [0.25, 0.3) is 0 Å². The molecule has 0 bridgehead atoms. The molecule has 0 atom stereocenters. The van der Waals surface area contributed by atoms with Crippen LogP contribution >= 0.6 is 0 Å². The summed E-state index contributed by atoms with van der Waals surface area (Å²) in [4.78, 5) is 24.2. The van der Waals surface area contributed by atoms with E-state index in [1.54, 1.807) is 0 Å². The molecule has 5 heteroatoms. The average molecular weight is 255 g/mol. The van der Waals surface area contributed by atoms with Gasteiger partial charge in [0.05, 0.1) is 0 Å². The van der Waals surface area contributed by atoms with E-state index in [-0.39, 0.29) is 5.92 Å². The lowest BCUT2D eigenvalue weighted by Gasteiger charge is -2.39. The molecule has 0 aliphatic carbocycles. The topological polar surface area (TPSA) is 64.6 Å². The molecule has 0 saturated carbocycles. The minimum absolute atomic E-state index is 0.130. The third kappa shape index (κ3) is 2.11. The van der Waals surface area contributed by atoms with E-state index in [9.17, 15) is 9.59 Å². The third-order valence-corrected chi connectivity index (χ3v) is 4.20. The van der Waals surface area contributed by atoms with E-state index in [1.165, 1.54) is 0 Å². The summed E-state index contributed by atoms with van der Waals surface area (Å²) in [6, 6.07) is 0. The summed E-state index contributed by atoms with van der Waals surface area (Å²) >= 11 is 0. The van der Waals surface area contributed by atoms with Crippen LogP contribution in [-0.2, 0) is 19.1 Å². The molecule has 0 spiro atoms. The molecule has 0 amide bonds. The Labute approximate surface area is 107 Å². The summed E-state index contributed by atoms with van der Waals surface area (Å²) in [5.41, 5.74) is -1.08. The van der Waals surface area contributed by atoms with Crippen molar-refractivity contribution in [1.29, 1.82) is 0 Å². The van der Waals surface area contributed by atoms with E-state index in [0.717, 1.165) is 25.9 Å². The van der Waals surface area contributed by atoms with Crippen molar-refractivity contribution < 1.29 is 19.1 Å². The van der Waals surface area contributed by atoms with Crippen LogP contribution in [0.2, 0.25) is 0 Å². The molecule has 18 heavy (non-hydrogen) atoms. The van der Waals surface area contributed by atoms with Crippen LogP contribution in [0.5, 0.6) is 0 Å². The number of hydrogen-bond donors (Lipinski definition) is 1. The SMILES string of the molecule is CCC1(CC)C(=O)OC(C2CCNCC2)OC1=O. The fourth-order valence-electron chi connectivity index (χ4n) is 2.68. The molecular formula is C13H21NO4. The second-order valence-electron chi connectivity index (χ2n) is 5.06. The number of ether oxygens (including phenoxy) is 2. The highest BCUT2D eigenvalue weighted by atomic mass is 16.7. The van der Waals surface area contributed by atoms with Gasteiger partial charge < -0.3 is 14.8 Å². The molecule has 0 radical (unpaired) electrons. The van der Waals surface area contributed by atoms with Gasteiger partial charge in [-0.05, 0) is 38.8 Å². The smallest absolute Gasteiger partial charge is 0.326 e. The Morgan fingerprint density at radius 1 is 1.11 bits per heavy atom. The Morgan fingerprint density at radius 2 is 1.61 bits per heavy atom. The molecule has 2 rings (SSSR count). The van der Waals surface area contributed by atoms with Crippen molar-refractivity contribution >= 4 is 11.9 Å². The number of hydrogen-bond acceptors (Lipinski definition) is 5. The quantitative estimate of drug-likeness (QED) is 0.607. The van der Waals surface area contributed by atoms with Gasteiger partial charge in [-0.15, -0.1) is 0 Å². The zero-order valence-electron chi connectivity index (χ0n) is 11.0. The number of rotatable bonds is 3. The molecule has 0 aromatic rings. The van der Waals surface area contributed by atoms with Crippen LogP contribution in [0, 0.1) is 11.3 Å². The van der Waals surface area contributed by atoms with E-state index in [4.69, 9.17) is 9.47 Å². The van der Waals surface area contributed by atoms with Gasteiger partial charge in [0.25, 0.3) is 0 Å². The molecule has 2 aliphatic heterocycles. The fourth-order valence-corrected chi connectivity index (χ4v) is 2.68. The highest BCUT2D eigenvalue weighted by Crippen LogP contribution is 2.37. The number of nitrogens with one attached hydrogen (secondary N) is 1. The lowest BCUT2D eigenvalue weighted by Crippen LogP contribution is -2.52. The first-order valence-corrected chi connectivity index (χ1v) is 6.77. The lowest BCUT2D eigenvalue weighted by molar-refractivity contribution is -0.235. The number of carbonyl (C=O) groups excluding carboxylic acids is 2. The second kappa shape index (κ2) is 5.26. The van der Waals surface area contributed by atoms with Gasteiger partial charge in [0.15, 0.2) is 5.41 Å². The van der Waals surface area contributed by atoms with Crippen LogP contribution in [-0.4, -0.2) is 31.3 Å². The predicted octanol–water partition coefficient (Wildman–Crippen LogP) is 1.22. The molecule has 0 aromatic carbocycles. The van der Waals surface area contributed by atoms with Gasteiger partial charge in [0, 0.05) is 5.92 Å². The maximum atomic E-state index is 12.1.